The number of rotatable bonds is 3. The van der Waals surface area contributed by atoms with Gasteiger partial charge in [0, 0.05) is 25.0 Å². The van der Waals surface area contributed by atoms with Crippen LogP contribution in [0.3, 0.4) is 0 Å². The summed E-state index contributed by atoms with van der Waals surface area (Å²) in [5, 5.41) is 3.67. The molecule has 1 aromatic heterocycles. The Morgan fingerprint density at radius 2 is 1.90 bits per heavy atom. The predicted molar refractivity (Wildman–Crippen MR) is 83.4 cm³/mol. The second-order valence-corrected chi connectivity index (χ2v) is 7.30. The van der Waals surface area contributed by atoms with Crippen LogP contribution in [0, 0.1) is 18.3 Å². The Bertz CT molecular complexity index is 405. The molecule has 0 aliphatic heterocycles. The molecule has 0 radical (unpaired) electrons. The van der Waals surface area contributed by atoms with Gasteiger partial charge < -0.3 is 5.32 Å². The van der Waals surface area contributed by atoms with E-state index in [0.29, 0.717) is 11.5 Å². The van der Waals surface area contributed by atoms with Crippen LogP contribution in [0.15, 0.2) is 12.4 Å². The lowest BCUT2D eigenvalue weighted by atomic mass is 9.76. The molecule has 0 saturated heterocycles. The van der Waals surface area contributed by atoms with Crippen molar-refractivity contribution in [2.45, 2.75) is 72.4 Å². The van der Waals surface area contributed by atoms with Crippen LogP contribution in [0.1, 0.15) is 64.3 Å². The fraction of sp³-hybridized carbons (Fsp3) is 0.765. The van der Waals surface area contributed by atoms with E-state index in [1.165, 1.54) is 32.1 Å². The lowest BCUT2D eigenvalue weighted by molar-refractivity contribution is 0.213. The van der Waals surface area contributed by atoms with E-state index in [9.17, 15) is 0 Å². The van der Waals surface area contributed by atoms with Crippen molar-refractivity contribution in [3.8, 4) is 0 Å². The van der Waals surface area contributed by atoms with Gasteiger partial charge in [0.2, 0.25) is 0 Å². The number of aromatic nitrogens is 2. The monoisotopic (exact) mass is 275 g/mol. The van der Waals surface area contributed by atoms with Crippen LogP contribution in [-0.4, -0.2) is 16.0 Å². The van der Waals surface area contributed by atoms with E-state index in [1.807, 2.05) is 19.3 Å². The maximum Gasteiger partial charge on any atom is 0.0724 e. The van der Waals surface area contributed by atoms with Crippen molar-refractivity contribution in [2.75, 3.05) is 0 Å². The Hall–Kier alpha value is -0.960. The SMILES string of the molecule is Cc1cnc(CNC2CCCC(C(C)(C)C)CC2)cn1. The molecular formula is C17H29N3. The molecule has 1 aliphatic rings. The van der Waals surface area contributed by atoms with Gasteiger partial charge in [-0.1, -0.05) is 27.2 Å². The summed E-state index contributed by atoms with van der Waals surface area (Å²) in [6, 6.07) is 0.644. The third-order valence-electron chi connectivity index (χ3n) is 4.60. The Kier molecular flexibility index (Phi) is 5.14. The van der Waals surface area contributed by atoms with Crippen molar-refractivity contribution in [1.29, 1.82) is 0 Å². The molecular weight excluding hydrogens is 246 g/mol. The fourth-order valence-corrected chi connectivity index (χ4v) is 3.13. The highest BCUT2D eigenvalue weighted by Crippen LogP contribution is 2.36. The summed E-state index contributed by atoms with van der Waals surface area (Å²) in [7, 11) is 0. The summed E-state index contributed by atoms with van der Waals surface area (Å²) < 4.78 is 0. The minimum atomic E-state index is 0.456. The van der Waals surface area contributed by atoms with Crippen LogP contribution in [0.25, 0.3) is 0 Å². The number of nitrogens with zero attached hydrogens (tertiary/aromatic N) is 2. The topological polar surface area (TPSA) is 37.8 Å². The average Bonchev–Trinajstić information content (AvgIpc) is 2.63. The third-order valence-corrected chi connectivity index (χ3v) is 4.60. The molecule has 3 nitrogen and oxygen atoms in total. The van der Waals surface area contributed by atoms with Crippen molar-refractivity contribution >= 4 is 0 Å². The maximum absolute atomic E-state index is 4.42. The molecule has 0 spiro atoms. The van der Waals surface area contributed by atoms with Gasteiger partial charge in [-0.3, -0.25) is 9.97 Å². The normalized spacial score (nSPS) is 24.4. The van der Waals surface area contributed by atoms with Gasteiger partial charge in [0.25, 0.3) is 0 Å². The minimum Gasteiger partial charge on any atom is -0.308 e. The van der Waals surface area contributed by atoms with Crippen LogP contribution in [-0.2, 0) is 6.54 Å². The molecule has 2 unspecified atom stereocenters. The number of nitrogens with one attached hydrogen (secondary N) is 1. The first-order chi connectivity index (χ1) is 9.45. The molecule has 0 bridgehead atoms. The van der Waals surface area contributed by atoms with Crippen molar-refractivity contribution in [1.82, 2.24) is 15.3 Å². The maximum atomic E-state index is 4.42. The van der Waals surface area contributed by atoms with E-state index in [0.717, 1.165) is 23.9 Å². The quantitative estimate of drug-likeness (QED) is 0.851. The lowest BCUT2D eigenvalue weighted by Gasteiger charge is -2.29. The van der Waals surface area contributed by atoms with Crippen LogP contribution in [0.5, 0.6) is 0 Å². The van der Waals surface area contributed by atoms with E-state index < -0.39 is 0 Å². The Labute approximate surface area is 123 Å². The number of hydrogen-bond donors (Lipinski definition) is 1. The molecule has 3 heteroatoms. The highest BCUT2D eigenvalue weighted by atomic mass is 14.9. The molecule has 1 N–H and O–H groups in total. The van der Waals surface area contributed by atoms with E-state index in [2.05, 4.69) is 36.1 Å². The smallest absolute Gasteiger partial charge is 0.0724 e. The second-order valence-electron chi connectivity index (χ2n) is 7.30. The van der Waals surface area contributed by atoms with Crippen molar-refractivity contribution in [2.24, 2.45) is 11.3 Å². The first-order valence-electron chi connectivity index (χ1n) is 7.96. The third kappa shape index (κ3) is 4.55. The standard InChI is InChI=1S/C17H29N3/c1-13-10-19-16(11-18-13)12-20-15-7-5-6-14(8-9-15)17(2,3)4/h10-11,14-15,20H,5-9,12H2,1-4H3. The van der Waals surface area contributed by atoms with Gasteiger partial charge in [-0.2, -0.15) is 0 Å². The average molecular weight is 275 g/mol. The van der Waals surface area contributed by atoms with Crippen LogP contribution in [0.2, 0.25) is 0 Å². The largest absolute Gasteiger partial charge is 0.308 e. The molecule has 1 aromatic rings. The summed E-state index contributed by atoms with van der Waals surface area (Å²) in [5.41, 5.74) is 2.49. The summed E-state index contributed by atoms with van der Waals surface area (Å²) in [6.07, 6.45) is 10.4. The van der Waals surface area contributed by atoms with E-state index >= 15 is 0 Å². The molecule has 1 saturated carbocycles. The van der Waals surface area contributed by atoms with Crippen molar-refractivity contribution < 1.29 is 0 Å². The first kappa shape index (κ1) is 15.4. The van der Waals surface area contributed by atoms with Crippen LogP contribution < -0.4 is 5.32 Å². The second kappa shape index (κ2) is 6.66. The van der Waals surface area contributed by atoms with Crippen molar-refractivity contribution in [3.05, 3.63) is 23.8 Å². The molecule has 1 aliphatic carbocycles. The first-order valence-corrected chi connectivity index (χ1v) is 7.96. The zero-order chi connectivity index (χ0) is 14.6. The Balaban J connectivity index is 1.81. The molecule has 0 amide bonds. The summed E-state index contributed by atoms with van der Waals surface area (Å²) >= 11 is 0. The zero-order valence-corrected chi connectivity index (χ0v) is 13.4. The lowest BCUT2D eigenvalue weighted by Crippen LogP contribution is -2.28. The number of hydrogen-bond acceptors (Lipinski definition) is 3. The highest BCUT2D eigenvalue weighted by molar-refractivity contribution is 5.00. The highest BCUT2D eigenvalue weighted by Gasteiger charge is 2.27. The fourth-order valence-electron chi connectivity index (χ4n) is 3.13. The Morgan fingerprint density at radius 3 is 2.55 bits per heavy atom. The van der Waals surface area contributed by atoms with Gasteiger partial charge in [-0.05, 0) is 43.9 Å². The van der Waals surface area contributed by atoms with Gasteiger partial charge in [-0.15, -0.1) is 0 Å². The van der Waals surface area contributed by atoms with Gasteiger partial charge in [0.1, 0.15) is 0 Å². The van der Waals surface area contributed by atoms with Crippen molar-refractivity contribution in [3.63, 3.8) is 0 Å². The minimum absolute atomic E-state index is 0.456. The van der Waals surface area contributed by atoms with Gasteiger partial charge in [0.05, 0.1) is 11.4 Å². The molecule has 1 heterocycles. The molecule has 0 aromatic carbocycles. The van der Waals surface area contributed by atoms with Crippen LogP contribution >= 0.6 is 0 Å². The summed E-state index contributed by atoms with van der Waals surface area (Å²) in [5.74, 6) is 0.869. The van der Waals surface area contributed by atoms with E-state index in [4.69, 9.17) is 0 Å². The molecule has 2 atom stereocenters. The number of aryl methyl sites for hydroxylation is 1. The zero-order valence-electron chi connectivity index (χ0n) is 13.4. The van der Waals surface area contributed by atoms with Crippen LogP contribution in [0.4, 0.5) is 0 Å². The van der Waals surface area contributed by atoms with E-state index in [1.54, 1.807) is 0 Å². The molecule has 2 rings (SSSR count). The molecule has 1 fully saturated rings. The van der Waals surface area contributed by atoms with E-state index in [-0.39, 0.29) is 0 Å². The predicted octanol–water partition coefficient (Wildman–Crippen LogP) is 3.87. The Morgan fingerprint density at radius 1 is 1.10 bits per heavy atom. The van der Waals surface area contributed by atoms with Gasteiger partial charge in [0.15, 0.2) is 0 Å². The molecule has 112 valence electrons. The van der Waals surface area contributed by atoms with Gasteiger partial charge >= 0.3 is 0 Å². The van der Waals surface area contributed by atoms with Gasteiger partial charge in [-0.25, -0.2) is 0 Å². The summed E-state index contributed by atoms with van der Waals surface area (Å²) in [4.78, 5) is 8.72. The molecule has 20 heavy (non-hydrogen) atoms. The summed E-state index contributed by atoms with van der Waals surface area (Å²) in [6.45, 7) is 9.97.